The fourth-order valence-corrected chi connectivity index (χ4v) is 4.01. The van der Waals surface area contributed by atoms with Crippen molar-refractivity contribution in [2.75, 3.05) is 26.7 Å². The number of carbonyl (C=O) groups is 1. The summed E-state index contributed by atoms with van der Waals surface area (Å²) in [6, 6.07) is 0.497. The van der Waals surface area contributed by atoms with Crippen LogP contribution in [0.1, 0.15) is 39.0 Å². The van der Waals surface area contributed by atoms with E-state index in [0.717, 1.165) is 44.3 Å². The molecular weight excluding hydrogens is 224 g/mol. The highest BCUT2D eigenvalue weighted by atomic mass is 16.2. The lowest BCUT2D eigenvalue weighted by molar-refractivity contribution is -0.137. The molecule has 3 heteroatoms. The van der Waals surface area contributed by atoms with Gasteiger partial charge in [0.05, 0.1) is 0 Å². The van der Waals surface area contributed by atoms with Crippen molar-refractivity contribution in [2.24, 2.45) is 17.8 Å². The quantitative estimate of drug-likeness (QED) is 0.764. The first-order valence-corrected chi connectivity index (χ1v) is 7.68. The van der Waals surface area contributed by atoms with Gasteiger partial charge in [0.15, 0.2) is 0 Å². The molecule has 0 bridgehead atoms. The zero-order valence-electron chi connectivity index (χ0n) is 11.8. The Kier molecular flexibility index (Phi) is 3.35. The van der Waals surface area contributed by atoms with Gasteiger partial charge in [-0.15, -0.1) is 0 Å². The van der Waals surface area contributed by atoms with Gasteiger partial charge in [-0.25, -0.2) is 0 Å². The van der Waals surface area contributed by atoms with Crippen LogP contribution >= 0.6 is 0 Å². The molecule has 0 spiro atoms. The number of piperidine rings is 1. The number of carbonyl (C=O) groups excluding carboxylic acids is 1. The molecular formula is C15H26N2O. The summed E-state index contributed by atoms with van der Waals surface area (Å²) in [5, 5.41) is 0. The van der Waals surface area contributed by atoms with Crippen LogP contribution in [0.25, 0.3) is 0 Å². The van der Waals surface area contributed by atoms with Crippen molar-refractivity contribution in [1.29, 1.82) is 0 Å². The fraction of sp³-hybridized carbons (Fsp3) is 0.933. The Morgan fingerprint density at radius 2 is 1.78 bits per heavy atom. The lowest BCUT2D eigenvalue weighted by Gasteiger charge is -2.37. The topological polar surface area (TPSA) is 23.6 Å². The van der Waals surface area contributed by atoms with Crippen LogP contribution < -0.4 is 0 Å². The minimum atomic E-state index is 0.364. The van der Waals surface area contributed by atoms with Gasteiger partial charge in [-0.05, 0) is 50.5 Å². The second kappa shape index (κ2) is 4.84. The molecule has 2 unspecified atom stereocenters. The van der Waals surface area contributed by atoms with Gasteiger partial charge in [-0.3, -0.25) is 4.79 Å². The maximum atomic E-state index is 12.5. The smallest absolute Gasteiger partial charge is 0.225 e. The summed E-state index contributed by atoms with van der Waals surface area (Å²) >= 11 is 0. The van der Waals surface area contributed by atoms with Crippen molar-refractivity contribution in [3.05, 3.63) is 0 Å². The maximum absolute atomic E-state index is 12.5. The molecule has 0 N–H and O–H groups in total. The second-order valence-electron chi connectivity index (χ2n) is 6.54. The van der Waals surface area contributed by atoms with Crippen LogP contribution in [0.2, 0.25) is 0 Å². The highest BCUT2D eigenvalue weighted by Crippen LogP contribution is 2.54. The van der Waals surface area contributed by atoms with Gasteiger partial charge in [0.2, 0.25) is 5.91 Å². The van der Waals surface area contributed by atoms with Crippen LogP contribution in [0.3, 0.4) is 0 Å². The molecule has 0 aromatic carbocycles. The molecule has 0 aromatic rings. The standard InChI is InChI=1S/C15H26N2O/c1-3-17-6-4-14(5-7-17)16(2)15(18)13-9-11-8-12(11)10-13/h11-14H,3-10H2,1-2H3. The van der Waals surface area contributed by atoms with E-state index in [1.807, 2.05) is 7.05 Å². The summed E-state index contributed by atoms with van der Waals surface area (Å²) in [5.74, 6) is 2.63. The lowest BCUT2D eigenvalue weighted by Crippen LogP contribution is -2.47. The van der Waals surface area contributed by atoms with Crippen molar-refractivity contribution in [1.82, 2.24) is 9.80 Å². The van der Waals surface area contributed by atoms with E-state index >= 15 is 0 Å². The maximum Gasteiger partial charge on any atom is 0.225 e. The molecule has 1 heterocycles. The van der Waals surface area contributed by atoms with Gasteiger partial charge in [0.25, 0.3) is 0 Å². The molecule has 3 nitrogen and oxygen atoms in total. The summed E-state index contributed by atoms with van der Waals surface area (Å²) in [4.78, 5) is 17.0. The van der Waals surface area contributed by atoms with E-state index in [-0.39, 0.29) is 0 Å². The van der Waals surface area contributed by atoms with Crippen LogP contribution in [-0.2, 0) is 4.79 Å². The summed E-state index contributed by atoms with van der Waals surface area (Å²) in [6.45, 7) is 5.69. The van der Waals surface area contributed by atoms with Gasteiger partial charge >= 0.3 is 0 Å². The number of hydrogen-bond acceptors (Lipinski definition) is 2. The molecule has 1 aliphatic heterocycles. The van der Waals surface area contributed by atoms with Gasteiger partial charge in [-0.2, -0.15) is 0 Å². The molecule has 2 saturated carbocycles. The number of rotatable bonds is 3. The highest BCUT2D eigenvalue weighted by Gasteiger charge is 2.48. The molecule has 102 valence electrons. The Morgan fingerprint density at radius 1 is 1.17 bits per heavy atom. The lowest BCUT2D eigenvalue weighted by atomic mass is 9.98. The predicted molar refractivity (Wildman–Crippen MR) is 72.2 cm³/mol. The van der Waals surface area contributed by atoms with Crippen LogP contribution in [-0.4, -0.2) is 48.4 Å². The molecule has 1 saturated heterocycles. The zero-order valence-corrected chi connectivity index (χ0v) is 11.8. The van der Waals surface area contributed by atoms with E-state index in [4.69, 9.17) is 0 Å². The zero-order chi connectivity index (χ0) is 12.7. The van der Waals surface area contributed by atoms with E-state index in [0.29, 0.717) is 17.9 Å². The normalized spacial score (nSPS) is 36.4. The summed E-state index contributed by atoms with van der Waals surface area (Å²) in [5.41, 5.74) is 0. The van der Waals surface area contributed by atoms with Crippen LogP contribution in [0.5, 0.6) is 0 Å². The number of nitrogens with zero attached hydrogens (tertiary/aromatic N) is 2. The minimum absolute atomic E-state index is 0.364. The van der Waals surface area contributed by atoms with Gasteiger partial charge in [0, 0.05) is 32.1 Å². The third kappa shape index (κ3) is 2.29. The van der Waals surface area contributed by atoms with Crippen LogP contribution in [0.4, 0.5) is 0 Å². The fourth-order valence-electron chi connectivity index (χ4n) is 4.01. The molecule has 3 rings (SSSR count). The van der Waals surface area contributed by atoms with Crippen LogP contribution in [0.15, 0.2) is 0 Å². The third-order valence-electron chi connectivity index (χ3n) is 5.49. The minimum Gasteiger partial charge on any atom is -0.342 e. The Labute approximate surface area is 111 Å². The Bertz CT molecular complexity index is 312. The third-order valence-corrected chi connectivity index (χ3v) is 5.49. The van der Waals surface area contributed by atoms with Crippen molar-refractivity contribution >= 4 is 5.91 Å². The first-order valence-electron chi connectivity index (χ1n) is 7.68. The molecule has 0 aromatic heterocycles. The number of fused-ring (bicyclic) bond motifs is 1. The largest absolute Gasteiger partial charge is 0.342 e. The predicted octanol–water partition coefficient (Wildman–Crippen LogP) is 1.98. The molecule has 18 heavy (non-hydrogen) atoms. The van der Waals surface area contributed by atoms with Crippen molar-refractivity contribution in [3.8, 4) is 0 Å². The molecule has 1 amide bonds. The first kappa shape index (κ1) is 12.5. The monoisotopic (exact) mass is 250 g/mol. The molecule has 0 radical (unpaired) electrons. The average molecular weight is 250 g/mol. The van der Waals surface area contributed by atoms with E-state index in [9.17, 15) is 4.79 Å². The van der Waals surface area contributed by atoms with Crippen molar-refractivity contribution in [3.63, 3.8) is 0 Å². The molecule has 2 aliphatic carbocycles. The second-order valence-corrected chi connectivity index (χ2v) is 6.54. The van der Waals surface area contributed by atoms with E-state index in [2.05, 4.69) is 16.7 Å². The first-order chi connectivity index (χ1) is 8.69. The SMILES string of the molecule is CCN1CCC(N(C)C(=O)C2CC3CC3C2)CC1. The number of amides is 1. The Balaban J connectivity index is 1.51. The van der Waals surface area contributed by atoms with E-state index in [1.54, 1.807) is 0 Å². The van der Waals surface area contributed by atoms with Crippen molar-refractivity contribution in [2.45, 2.75) is 45.1 Å². The average Bonchev–Trinajstić information content (AvgIpc) is 3.03. The molecule has 2 atom stereocenters. The Morgan fingerprint density at radius 3 is 2.33 bits per heavy atom. The van der Waals surface area contributed by atoms with Crippen LogP contribution in [0, 0.1) is 17.8 Å². The number of hydrogen-bond donors (Lipinski definition) is 0. The summed E-state index contributed by atoms with van der Waals surface area (Å²) in [6.07, 6.45) is 6.09. The highest BCUT2D eigenvalue weighted by molar-refractivity contribution is 5.79. The van der Waals surface area contributed by atoms with Crippen molar-refractivity contribution < 1.29 is 4.79 Å². The molecule has 3 fully saturated rings. The van der Waals surface area contributed by atoms with E-state index in [1.165, 1.54) is 19.3 Å². The summed E-state index contributed by atoms with van der Waals surface area (Å²) in [7, 11) is 2.04. The number of likely N-dealkylation sites (tertiary alicyclic amines) is 1. The Hall–Kier alpha value is -0.570. The van der Waals surface area contributed by atoms with E-state index < -0.39 is 0 Å². The van der Waals surface area contributed by atoms with Gasteiger partial charge in [0.1, 0.15) is 0 Å². The van der Waals surface area contributed by atoms with Gasteiger partial charge in [-0.1, -0.05) is 6.92 Å². The summed E-state index contributed by atoms with van der Waals surface area (Å²) < 4.78 is 0. The molecule has 3 aliphatic rings. The van der Waals surface area contributed by atoms with Gasteiger partial charge < -0.3 is 9.80 Å².